The first kappa shape index (κ1) is 16.8. The fourth-order valence-corrected chi connectivity index (χ4v) is 3.73. The predicted octanol–water partition coefficient (Wildman–Crippen LogP) is 2.09. The molecule has 0 saturated carbocycles. The van der Waals surface area contributed by atoms with Crippen LogP contribution in [-0.2, 0) is 22.5 Å². The standard InChI is InChI=1S/C20H22N2O4/c1-14-12-21(8-10-25-14)19(23)17-11-15-5-2-3-6-16(15)13-22(17)20(24)18-7-4-9-26-18/h2-7,9,14,17H,8,10-13H2,1H3. The maximum Gasteiger partial charge on any atom is 0.290 e. The molecule has 3 heterocycles. The van der Waals surface area contributed by atoms with Gasteiger partial charge in [0.25, 0.3) is 5.91 Å². The van der Waals surface area contributed by atoms with Crippen molar-refractivity contribution in [1.29, 1.82) is 0 Å². The molecule has 1 fully saturated rings. The summed E-state index contributed by atoms with van der Waals surface area (Å²) in [5.41, 5.74) is 2.20. The second-order valence-corrected chi connectivity index (χ2v) is 6.86. The van der Waals surface area contributed by atoms with Crippen molar-refractivity contribution < 1.29 is 18.7 Å². The molecule has 0 bridgehead atoms. The summed E-state index contributed by atoms with van der Waals surface area (Å²) in [7, 11) is 0. The third-order valence-corrected chi connectivity index (χ3v) is 5.08. The number of benzene rings is 1. The van der Waals surface area contributed by atoms with Crippen LogP contribution in [0.1, 0.15) is 28.6 Å². The molecule has 2 amide bonds. The van der Waals surface area contributed by atoms with Crippen molar-refractivity contribution in [3.05, 3.63) is 59.5 Å². The molecule has 0 aliphatic carbocycles. The van der Waals surface area contributed by atoms with Crippen LogP contribution in [0.25, 0.3) is 0 Å². The molecule has 1 aromatic carbocycles. The smallest absolute Gasteiger partial charge is 0.290 e. The molecule has 0 N–H and O–H groups in total. The highest BCUT2D eigenvalue weighted by Gasteiger charge is 2.38. The molecule has 0 radical (unpaired) electrons. The van der Waals surface area contributed by atoms with Crippen LogP contribution in [0.5, 0.6) is 0 Å². The topological polar surface area (TPSA) is 63.0 Å². The number of amides is 2. The molecule has 1 aromatic heterocycles. The van der Waals surface area contributed by atoms with Crippen LogP contribution in [0.4, 0.5) is 0 Å². The quantitative estimate of drug-likeness (QED) is 0.829. The summed E-state index contributed by atoms with van der Waals surface area (Å²) in [6.45, 7) is 4.01. The molecule has 2 aliphatic rings. The second-order valence-electron chi connectivity index (χ2n) is 6.86. The minimum Gasteiger partial charge on any atom is -0.459 e. The lowest BCUT2D eigenvalue weighted by molar-refractivity contribution is -0.143. The number of ether oxygens (including phenoxy) is 1. The van der Waals surface area contributed by atoms with Crippen molar-refractivity contribution in [1.82, 2.24) is 9.80 Å². The van der Waals surface area contributed by atoms with Crippen molar-refractivity contribution in [3.63, 3.8) is 0 Å². The summed E-state index contributed by atoms with van der Waals surface area (Å²) >= 11 is 0. The maximum absolute atomic E-state index is 13.2. The fourth-order valence-electron chi connectivity index (χ4n) is 3.73. The first-order valence-electron chi connectivity index (χ1n) is 8.95. The third-order valence-electron chi connectivity index (χ3n) is 5.08. The number of hydrogen-bond acceptors (Lipinski definition) is 4. The largest absolute Gasteiger partial charge is 0.459 e. The number of hydrogen-bond donors (Lipinski definition) is 0. The maximum atomic E-state index is 13.2. The summed E-state index contributed by atoms with van der Waals surface area (Å²) in [5, 5.41) is 0. The minimum absolute atomic E-state index is 0.0119. The van der Waals surface area contributed by atoms with Crippen LogP contribution in [0.2, 0.25) is 0 Å². The minimum atomic E-state index is -0.521. The van der Waals surface area contributed by atoms with Gasteiger partial charge < -0.3 is 19.0 Å². The Morgan fingerprint density at radius 3 is 2.65 bits per heavy atom. The average molecular weight is 354 g/mol. The van der Waals surface area contributed by atoms with Gasteiger partial charge >= 0.3 is 0 Å². The molecule has 2 aromatic rings. The van der Waals surface area contributed by atoms with Crippen molar-refractivity contribution in [2.45, 2.75) is 32.0 Å². The number of carbonyl (C=O) groups is 2. The van der Waals surface area contributed by atoms with Gasteiger partial charge in [-0.15, -0.1) is 0 Å². The van der Waals surface area contributed by atoms with E-state index in [9.17, 15) is 9.59 Å². The van der Waals surface area contributed by atoms with Gasteiger partial charge in [-0.3, -0.25) is 9.59 Å². The highest BCUT2D eigenvalue weighted by atomic mass is 16.5. The Labute approximate surface area is 152 Å². The summed E-state index contributed by atoms with van der Waals surface area (Å²) in [4.78, 5) is 29.7. The van der Waals surface area contributed by atoms with Crippen molar-refractivity contribution in [2.24, 2.45) is 0 Å². The van der Waals surface area contributed by atoms with Crippen LogP contribution in [0.15, 0.2) is 47.1 Å². The monoisotopic (exact) mass is 354 g/mol. The van der Waals surface area contributed by atoms with E-state index in [4.69, 9.17) is 9.15 Å². The van der Waals surface area contributed by atoms with E-state index in [-0.39, 0.29) is 23.7 Å². The zero-order chi connectivity index (χ0) is 18.1. The highest BCUT2D eigenvalue weighted by molar-refractivity contribution is 5.96. The van der Waals surface area contributed by atoms with E-state index in [0.29, 0.717) is 32.7 Å². The van der Waals surface area contributed by atoms with Gasteiger partial charge in [0.05, 0.1) is 19.0 Å². The second kappa shape index (κ2) is 6.96. The Balaban J connectivity index is 1.64. The molecular weight excluding hydrogens is 332 g/mol. The molecule has 2 unspecified atom stereocenters. The Hall–Kier alpha value is -2.60. The van der Waals surface area contributed by atoms with Crippen LogP contribution in [0.3, 0.4) is 0 Å². The number of nitrogens with zero attached hydrogens (tertiary/aromatic N) is 2. The van der Waals surface area contributed by atoms with Gasteiger partial charge in [0.1, 0.15) is 6.04 Å². The van der Waals surface area contributed by atoms with E-state index >= 15 is 0 Å². The van der Waals surface area contributed by atoms with Crippen LogP contribution >= 0.6 is 0 Å². The predicted molar refractivity (Wildman–Crippen MR) is 94.5 cm³/mol. The molecule has 4 rings (SSSR count). The van der Waals surface area contributed by atoms with Gasteiger partial charge in [0.2, 0.25) is 5.91 Å². The Morgan fingerprint density at radius 1 is 1.12 bits per heavy atom. The Bertz CT molecular complexity index is 802. The van der Waals surface area contributed by atoms with E-state index in [1.807, 2.05) is 36.1 Å². The highest BCUT2D eigenvalue weighted by Crippen LogP contribution is 2.26. The van der Waals surface area contributed by atoms with E-state index in [1.54, 1.807) is 17.0 Å². The molecule has 2 atom stereocenters. The van der Waals surface area contributed by atoms with Gasteiger partial charge in [-0.05, 0) is 30.2 Å². The molecule has 0 spiro atoms. The first-order valence-corrected chi connectivity index (χ1v) is 8.95. The normalized spacial score (nSPS) is 22.8. The molecule has 6 heteroatoms. The lowest BCUT2D eigenvalue weighted by Gasteiger charge is -2.40. The molecule has 2 aliphatic heterocycles. The number of furan rings is 1. The number of rotatable bonds is 2. The summed E-state index contributed by atoms with van der Waals surface area (Å²) in [6, 6.07) is 10.8. The lowest BCUT2D eigenvalue weighted by atomic mass is 9.92. The SMILES string of the molecule is CC1CN(C(=O)C2Cc3ccccc3CN2C(=O)c2ccco2)CCO1. The fraction of sp³-hybridized carbons (Fsp3) is 0.400. The molecular formula is C20H22N2O4. The van der Waals surface area contributed by atoms with Gasteiger partial charge in [0.15, 0.2) is 5.76 Å². The molecule has 26 heavy (non-hydrogen) atoms. The van der Waals surface area contributed by atoms with Crippen LogP contribution in [0, 0.1) is 0 Å². The van der Waals surface area contributed by atoms with Crippen molar-refractivity contribution in [3.8, 4) is 0 Å². The summed E-state index contributed by atoms with van der Waals surface area (Å²) in [6.07, 6.45) is 2.01. The zero-order valence-corrected chi connectivity index (χ0v) is 14.8. The molecule has 6 nitrogen and oxygen atoms in total. The number of carbonyl (C=O) groups excluding carboxylic acids is 2. The van der Waals surface area contributed by atoms with E-state index in [0.717, 1.165) is 11.1 Å². The van der Waals surface area contributed by atoms with Crippen LogP contribution in [-0.4, -0.2) is 53.5 Å². The van der Waals surface area contributed by atoms with Gasteiger partial charge in [-0.25, -0.2) is 0 Å². The summed E-state index contributed by atoms with van der Waals surface area (Å²) < 4.78 is 10.8. The Morgan fingerprint density at radius 2 is 1.92 bits per heavy atom. The first-order chi connectivity index (χ1) is 12.6. The third kappa shape index (κ3) is 3.12. The van der Waals surface area contributed by atoms with Gasteiger partial charge in [0, 0.05) is 26.1 Å². The molecule has 1 saturated heterocycles. The van der Waals surface area contributed by atoms with Crippen molar-refractivity contribution in [2.75, 3.05) is 19.7 Å². The average Bonchev–Trinajstić information content (AvgIpc) is 3.20. The van der Waals surface area contributed by atoms with Crippen molar-refractivity contribution >= 4 is 11.8 Å². The lowest BCUT2D eigenvalue weighted by Crippen LogP contribution is -2.56. The van der Waals surface area contributed by atoms with Crippen LogP contribution < -0.4 is 0 Å². The van der Waals surface area contributed by atoms with Gasteiger partial charge in [-0.2, -0.15) is 0 Å². The Kier molecular flexibility index (Phi) is 4.51. The summed E-state index contributed by atoms with van der Waals surface area (Å²) in [5.74, 6) is -0.00348. The van der Waals surface area contributed by atoms with Gasteiger partial charge in [-0.1, -0.05) is 24.3 Å². The van der Waals surface area contributed by atoms with E-state index < -0.39 is 6.04 Å². The van der Waals surface area contributed by atoms with E-state index in [1.165, 1.54) is 6.26 Å². The number of morpholine rings is 1. The van der Waals surface area contributed by atoms with E-state index in [2.05, 4.69) is 0 Å². The molecule has 136 valence electrons. The zero-order valence-electron chi connectivity index (χ0n) is 14.8. The number of fused-ring (bicyclic) bond motifs is 1.